The van der Waals surface area contributed by atoms with Crippen molar-refractivity contribution >= 4 is 11.9 Å². The Labute approximate surface area is 95.7 Å². The van der Waals surface area contributed by atoms with Crippen LogP contribution in [0.15, 0.2) is 53.8 Å². The Bertz CT molecular complexity index is 475. The van der Waals surface area contributed by atoms with E-state index in [1.807, 2.05) is 30.5 Å². The molecule has 2 heteroatoms. The van der Waals surface area contributed by atoms with Crippen molar-refractivity contribution in [2.75, 3.05) is 0 Å². The van der Waals surface area contributed by atoms with Gasteiger partial charge in [-0.25, -0.2) is 0 Å². The minimum absolute atomic E-state index is 0.989. The molecule has 0 atom stereocenters. The van der Waals surface area contributed by atoms with E-state index in [2.05, 4.69) is 29.0 Å². The molecule has 0 aliphatic carbocycles. The zero-order valence-corrected chi connectivity index (χ0v) is 9.30. The number of benzene rings is 1. The highest BCUT2D eigenvalue weighted by Crippen LogP contribution is 2.14. The normalized spacial score (nSPS) is 10.8. The average molecular weight is 210 g/mol. The summed E-state index contributed by atoms with van der Waals surface area (Å²) in [6.07, 6.45) is 6.43. The van der Waals surface area contributed by atoms with Gasteiger partial charge in [-0.3, -0.25) is 9.98 Å². The van der Waals surface area contributed by atoms with Gasteiger partial charge < -0.3 is 0 Å². The second-order valence-corrected chi connectivity index (χ2v) is 3.57. The van der Waals surface area contributed by atoms with Crippen LogP contribution >= 0.6 is 0 Å². The van der Waals surface area contributed by atoms with Crippen molar-refractivity contribution in [1.82, 2.24) is 4.98 Å². The predicted octanol–water partition coefficient (Wildman–Crippen LogP) is 3.39. The third-order valence-electron chi connectivity index (χ3n) is 2.37. The summed E-state index contributed by atoms with van der Waals surface area (Å²) in [7, 11) is 0. The van der Waals surface area contributed by atoms with E-state index < -0.39 is 0 Å². The fourth-order valence-corrected chi connectivity index (χ4v) is 1.46. The molecular weight excluding hydrogens is 196 g/mol. The van der Waals surface area contributed by atoms with Crippen molar-refractivity contribution in [3.05, 3.63) is 59.9 Å². The van der Waals surface area contributed by atoms with Crippen LogP contribution in [-0.4, -0.2) is 11.2 Å². The highest BCUT2D eigenvalue weighted by Gasteiger charge is 1.91. The van der Waals surface area contributed by atoms with Gasteiger partial charge >= 0.3 is 0 Å². The Morgan fingerprint density at radius 2 is 2.19 bits per heavy atom. The van der Waals surface area contributed by atoms with E-state index in [-0.39, 0.29) is 0 Å². The maximum atomic E-state index is 4.42. The van der Waals surface area contributed by atoms with E-state index in [0.29, 0.717) is 0 Å². The molecule has 2 rings (SSSR count). The van der Waals surface area contributed by atoms with E-state index in [0.717, 1.165) is 17.7 Å². The Morgan fingerprint density at radius 3 is 2.94 bits per heavy atom. The SMILES string of the molecule is CCc1cccc(N=Cc2cccnc2)c1. The smallest absolute Gasteiger partial charge is 0.0632 e. The summed E-state index contributed by atoms with van der Waals surface area (Å²) in [5, 5.41) is 0. The molecule has 0 aliphatic rings. The van der Waals surface area contributed by atoms with Crippen molar-refractivity contribution in [3.63, 3.8) is 0 Å². The fourth-order valence-electron chi connectivity index (χ4n) is 1.46. The third-order valence-corrected chi connectivity index (χ3v) is 2.37. The number of aromatic nitrogens is 1. The molecule has 16 heavy (non-hydrogen) atoms. The monoisotopic (exact) mass is 210 g/mol. The first kappa shape index (κ1) is 10.6. The number of rotatable bonds is 3. The first-order valence-corrected chi connectivity index (χ1v) is 5.41. The molecule has 1 aromatic carbocycles. The van der Waals surface area contributed by atoms with Crippen LogP contribution < -0.4 is 0 Å². The van der Waals surface area contributed by atoms with Crippen LogP contribution in [0.25, 0.3) is 0 Å². The summed E-state index contributed by atoms with van der Waals surface area (Å²) >= 11 is 0. The summed E-state index contributed by atoms with van der Waals surface area (Å²) < 4.78 is 0. The van der Waals surface area contributed by atoms with E-state index in [1.54, 1.807) is 12.4 Å². The summed E-state index contributed by atoms with van der Waals surface area (Å²) in [6, 6.07) is 12.2. The summed E-state index contributed by atoms with van der Waals surface area (Å²) in [6.45, 7) is 2.14. The van der Waals surface area contributed by atoms with Crippen molar-refractivity contribution in [3.8, 4) is 0 Å². The lowest BCUT2D eigenvalue weighted by molar-refractivity contribution is 1.14. The molecule has 0 amide bonds. The zero-order chi connectivity index (χ0) is 11.2. The number of hydrogen-bond donors (Lipinski definition) is 0. The van der Waals surface area contributed by atoms with Gasteiger partial charge in [0.05, 0.1) is 5.69 Å². The minimum Gasteiger partial charge on any atom is -0.264 e. The van der Waals surface area contributed by atoms with Crippen LogP contribution in [0.4, 0.5) is 5.69 Å². The van der Waals surface area contributed by atoms with Gasteiger partial charge in [0.15, 0.2) is 0 Å². The lowest BCUT2D eigenvalue weighted by Crippen LogP contribution is -1.82. The van der Waals surface area contributed by atoms with Crippen molar-refractivity contribution in [2.24, 2.45) is 4.99 Å². The van der Waals surface area contributed by atoms with Crippen molar-refractivity contribution < 1.29 is 0 Å². The molecule has 1 aromatic heterocycles. The van der Waals surface area contributed by atoms with E-state index in [1.165, 1.54) is 5.56 Å². The van der Waals surface area contributed by atoms with Gasteiger partial charge in [-0.2, -0.15) is 0 Å². The summed E-state index contributed by atoms with van der Waals surface area (Å²) in [5.74, 6) is 0. The number of pyridine rings is 1. The van der Waals surface area contributed by atoms with Crippen LogP contribution in [-0.2, 0) is 6.42 Å². The van der Waals surface area contributed by atoms with Crippen molar-refractivity contribution in [2.45, 2.75) is 13.3 Å². The molecule has 0 saturated heterocycles. The van der Waals surface area contributed by atoms with Crippen LogP contribution in [0.5, 0.6) is 0 Å². The van der Waals surface area contributed by atoms with Crippen LogP contribution in [0.1, 0.15) is 18.1 Å². The summed E-state index contributed by atoms with van der Waals surface area (Å²) in [4.78, 5) is 8.46. The fraction of sp³-hybridized carbons (Fsp3) is 0.143. The second-order valence-electron chi connectivity index (χ2n) is 3.57. The molecular formula is C14H14N2. The highest BCUT2D eigenvalue weighted by atomic mass is 14.7. The van der Waals surface area contributed by atoms with Gasteiger partial charge in [-0.05, 0) is 30.2 Å². The van der Waals surface area contributed by atoms with Crippen LogP contribution in [0, 0.1) is 0 Å². The maximum Gasteiger partial charge on any atom is 0.0632 e. The molecule has 0 aliphatic heterocycles. The number of aryl methyl sites for hydroxylation is 1. The number of hydrogen-bond acceptors (Lipinski definition) is 2. The van der Waals surface area contributed by atoms with Gasteiger partial charge in [-0.15, -0.1) is 0 Å². The number of aliphatic imine (C=N–C) groups is 1. The highest BCUT2D eigenvalue weighted by molar-refractivity contribution is 5.81. The van der Waals surface area contributed by atoms with Crippen LogP contribution in [0.3, 0.4) is 0 Å². The van der Waals surface area contributed by atoms with Gasteiger partial charge in [0.25, 0.3) is 0 Å². The first-order chi connectivity index (χ1) is 7.88. The Hall–Kier alpha value is -1.96. The summed E-state index contributed by atoms with van der Waals surface area (Å²) in [5.41, 5.74) is 3.31. The molecule has 80 valence electrons. The maximum absolute atomic E-state index is 4.42. The van der Waals surface area contributed by atoms with E-state index in [4.69, 9.17) is 0 Å². The zero-order valence-electron chi connectivity index (χ0n) is 9.30. The molecule has 0 spiro atoms. The molecule has 0 bridgehead atoms. The van der Waals surface area contributed by atoms with Gasteiger partial charge in [0.1, 0.15) is 0 Å². The topological polar surface area (TPSA) is 25.2 Å². The molecule has 0 saturated carbocycles. The largest absolute Gasteiger partial charge is 0.264 e. The molecule has 0 radical (unpaired) electrons. The van der Waals surface area contributed by atoms with Crippen LogP contribution in [0.2, 0.25) is 0 Å². The Kier molecular flexibility index (Phi) is 3.44. The van der Waals surface area contributed by atoms with Gasteiger partial charge in [0.2, 0.25) is 0 Å². The predicted molar refractivity (Wildman–Crippen MR) is 67.3 cm³/mol. The Balaban J connectivity index is 2.17. The molecule has 2 aromatic rings. The molecule has 0 fully saturated rings. The quantitative estimate of drug-likeness (QED) is 0.713. The van der Waals surface area contributed by atoms with Gasteiger partial charge in [-0.1, -0.05) is 25.1 Å². The van der Waals surface area contributed by atoms with Gasteiger partial charge in [0, 0.05) is 24.2 Å². The molecule has 0 unspecified atom stereocenters. The number of nitrogens with zero attached hydrogens (tertiary/aromatic N) is 2. The second kappa shape index (κ2) is 5.21. The third kappa shape index (κ3) is 2.76. The van der Waals surface area contributed by atoms with Crippen molar-refractivity contribution in [1.29, 1.82) is 0 Å². The minimum atomic E-state index is 0.989. The average Bonchev–Trinajstić information content (AvgIpc) is 2.38. The molecule has 2 nitrogen and oxygen atoms in total. The standard InChI is InChI=1S/C14H14N2/c1-2-12-5-3-7-14(9-12)16-11-13-6-4-8-15-10-13/h3-11H,2H2,1H3. The molecule has 0 N–H and O–H groups in total. The molecule has 1 heterocycles. The lowest BCUT2D eigenvalue weighted by atomic mass is 10.1. The van der Waals surface area contributed by atoms with E-state index >= 15 is 0 Å². The Morgan fingerprint density at radius 1 is 1.25 bits per heavy atom. The lowest BCUT2D eigenvalue weighted by Gasteiger charge is -1.97. The van der Waals surface area contributed by atoms with E-state index in [9.17, 15) is 0 Å². The first-order valence-electron chi connectivity index (χ1n) is 5.41.